The van der Waals surface area contributed by atoms with Crippen molar-refractivity contribution in [2.75, 3.05) is 19.8 Å². The van der Waals surface area contributed by atoms with E-state index in [1.807, 2.05) is 0 Å². The van der Waals surface area contributed by atoms with Crippen LogP contribution in [0.4, 0.5) is 8.78 Å². The van der Waals surface area contributed by atoms with E-state index in [0.29, 0.717) is 35.8 Å². The van der Waals surface area contributed by atoms with Crippen LogP contribution in [0, 0.1) is 11.6 Å². The van der Waals surface area contributed by atoms with Gasteiger partial charge in [0.2, 0.25) is 5.90 Å². The molecule has 1 atom stereocenters. The Kier molecular flexibility index (Phi) is 7.36. The van der Waals surface area contributed by atoms with Gasteiger partial charge in [-0.15, -0.1) is 6.58 Å². The van der Waals surface area contributed by atoms with E-state index in [4.69, 9.17) is 14.6 Å². The first-order chi connectivity index (χ1) is 15.0. The molecular formula is C23H24F2N2O4. The molecule has 3 rings (SSSR count). The lowest BCUT2D eigenvalue weighted by Crippen LogP contribution is -2.46. The number of aliphatic hydroxyl groups is 1. The largest absolute Gasteiger partial charge is 0.494 e. The first-order valence-electron chi connectivity index (χ1n) is 9.87. The number of halogens is 2. The molecule has 1 heterocycles. The third-order valence-electron chi connectivity index (χ3n) is 4.72. The number of nitrogens with zero attached hydrogens (tertiary/aromatic N) is 1. The van der Waals surface area contributed by atoms with E-state index in [1.54, 1.807) is 30.3 Å². The smallest absolute Gasteiger partial charge is 0.252 e. The molecule has 0 spiro atoms. The normalized spacial score (nSPS) is 17.6. The van der Waals surface area contributed by atoms with Crippen LogP contribution in [-0.4, -0.2) is 42.3 Å². The molecule has 2 aromatic rings. The number of nitrogens with one attached hydrogen (secondary N) is 1. The zero-order valence-electron chi connectivity index (χ0n) is 16.9. The summed E-state index contributed by atoms with van der Waals surface area (Å²) in [6.45, 7) is 4.14. The molecule has 6 nitrogen and oxygen atoms in total. The van der Waals surface area contributed by atoms with E-state index in [2.05, 4.69) is 16.9 Å². The van der Waals surface area contributed by atoms with E-state index < -0.39 is 23.1 Å². The van der Waals surface area contributed by atoms with Crippen LogP contribution in [-0.2, 0) is 16.1 Å². The summed E-state index contributed by atoms with van der Waals surface area (Å²) in [4.78, 5) is 17.4. The Morgan fingerprint density at radius 1 is 1.26 bits per heavy atom. The molecule has 164 valence electrons. The van der Waals surface area contributed by atoms with Gasteiger partial charge in [-0.2, -0.15) is 0 Å². The predicted octanol–water partition coefficient (Wildman–Crippen LogP) is 3.13. The van der Waals surface area contributed by atoms with Gasteiger partial charge in [0.25, 0.3) is 5.91 Å². The summed E-state index contributed by atoms with van der Waals surface area (Å²) >= 11 is 0. The SMILES string of the molecule is C=CC[C@]1(C(=O)NCc2cc(F)cc(F)c2)COC(c2ccc(OCCCO)cc2)=N1. The average molecular weight is 430 g/mol. The number of hydrogen-bond acceptors (Lipinski definition) is 5. The fraction of sp³-hybridized carbons (Fsp3) is 0.304. The van der Waals surface area contributed by atoms with Crippen LogP contribution in [0.15, 0.2) is 60.1 Å². The van der Waals surface area contributed by atoms with Gasteiger partial charge in [-0.3, -0.25) is 4.79 Å². The number of carbonyl (C=O) groups excluding carboxylic acids is 1. The van der Waals surface area contributed by atoms with Crippen molar-refractivity contribution in [1.29, 1.82) is 0 Å². The number of amides is 1. The number of ether oxygens (including phenoxy) is 2. The summed E-state index contributed by atoms with van der Waals surface area (Å²) in [5, 5.41) is 11.5. The van der Waals surface area contributed by atoms with Gasteiger partial charge >= 0.3 is 0 Å². The summed E-state index contributed by atoms with van der Waals surface area (Å²) in [5.41, 5.74) is -0.223. The minimum absolute atomic E-state index is 0.0203. The minimum atomic E-state index is -1.21. The minimum Gasteiger partial charge on any atom is -0.494 e. The Bertz CT molecular complexity index is 942. The second kappa shape index (κ2) is 10.2. The number of carbonyl (C=O) groups is 1. The van der Waals surface area contributed by atoms with Crippen LogP contribution < -0.4 is 10.1 Å². The number of benzene rings is 2. The van der Waals surface area contributed by atoms with E-state index in [0.717, 1.165) is 18.2 Å². The Morgan fingerprint density at radius 2 is 1.97 bits per heavy atom. The van der Waals surface area contributed by atoms with Crippen LogP contribution in [0.25, 0.3) is 0 Å². The molecule has 0 fully saturated rings. The summed E-state index contributed by atoms with van der Waals surface area (Å²) in [6, 6.07) is 10.1. The second-order valence-electron chi connectivity index (χ2n) is 7.14. The fourth-order valence-corrected chi connectivity index (χ4v) is 3.16. The van der Waals surface area contributed by atoms with Crippen molar-refractivity contribution in [1.82, 2.24) is 5.32 Å². The molecule has 1 aliphatic rings. The van der Waals surface area contributed by atoms with Crippen LogP contribution in [0.2, 0.25) is 0 Å². The van der Waals surface area contributed by atoms with E-state index in [1.165, 1.54) is 0 Å². The fourth-order valence-electron chi connectivity index (χ4n) is 3.16. The van der Waals surface area contributed by atoms with Crippen molar-refractivity contribution in [3.05, 3.63) is 77.9 Å². The summed E-state index contributed by atoms with van der Waals surface area (Å²) < 4.78 is 38.0. The van der Waals surface area contributed by atoms with Gasteiger partial charge in [-0.1, -0.05) is 6.08 Å². The average Bonchev–Trinajstić information content (AvgIpc) is 3.18. The second-order valence-corrected chi connectivity index (χ2v) is 7.14. The van der Waals surface area contributed by atoms with Crippen LogP contribution in [0.1, 0.15) is 24.0 Å². The Hall–Kier alpha value is -3.26. The highest BCUT2D eigenvalue weighted by Crippen LogP contribution is 2.27. The van der Waals surface area contributed by atoms with Gasteiger partial charge in [0.1, 0.15) is 24.0 Å². The molecule has 1 amide bonds. The molecule has 1 aliphatic heterocycles. The molecule has 2 aromatic carbocycles. The highest BCUT2D eigenvalue weighted by atomic mass is 19.1. The third kappa shape index (κ3) is 5.67. The maximum absolute atomic E-state index is 13.4. The van der Waals surface area contributed by atoms with Crippen molar-refractivity contribution >= 4 is 11.8 Å². The molecule has 31 heavy (non-hydrogen) atoms. The van der Waals surface area contributed by atoms with Gasteiger partial charge < -0.3 is 19.9 Å². The zero-order chi connectivity index (χ0) is 22.3. The third-order valence-corrected chi connectivity index (χ3v) is 4.72. The van der Waals surface area contributed by atoms with Crippen molar-refractivity contribution in [3.8, 4) is 5.75 Å². The lowest BCUT2D eigenvalue weighted by molar-refractivity contribution is -0.126. The molecular weight excluding hydrogens is 406 g/mol. The van der Waals surface area contributed by atoms with Gasteiger partial charge in [0.05, 0.1) is 6.61 Å². The van der Waals surface area contributed by atoms with E-state index in [9.17, 15) is 13.6 Å². The van der Waals surface area contributed by atoms with Crippen molar-refractivity contribution in [2.45, 2.75) is 24.9 Å². The first kappa shape index (κ1) is 22.4. The molecule has 0 aromatic heterocycles. The zero-order valence-corrected chi connectivity index (χ0v) is 16.9. The Labute approximate surface area is 179 Å². The number of rotatable bonds is 10. The van der Waals surface area contributed by atoms with E-state index in [-0.39, 0.29) is 26.2 Å². The van der Waals surface area contributed by atoms with Gasteiger partial charge in [-0.05, 0) is 42.0 Å². The Morgan fingerprint density at radius 3 is 2.61 bits per heavy atom. The number of aliphatic imine (C=N–C) groups is 1. The van der Waals surface area contributed by atoms with Gasteiger partial charge in [0, 0.05) is 37.6 Å². The maximum Gasteiger partial charge on any atom is 0.252 e. The molecule has 0 unspecified atom stereocenters. The standard InChI is InChI=1S/C23H24F2N2O4/c1-2-8-23(22(29)26-14-16-11-18(24)13-19(25)12-16)15-31-21(27-23)17-4-6-20(7-5-17)30-10-3-9-28/h2,4-7,11-13,28H,1,3,8-10,14-15H2,(H,26,29)/t23-/m1/s1. The predicted molar refractivity (Wildman–Crippen MR) is 112 cm³/mol. The lowest BCUT2D eigenvalue weighted by Gasteiger charge is -2.21. The van der Waals surface area contributed by atoms with Crippen LogP contribution in [0.5, 0.6) is 5.75 Å². The maximum atomic E-state index is 13.4. The molecule has 0 aliphatic carbocycles. The van der Waals surface area contributed by atoms with Crippen molar-refractivity contribution in [2.24, 2.45) is 4.99 Å². The topological polar surface area (TPSA) is 80.2 Å². The van der Waals surface area contributed by atoms with Gasteiger partial charge in [0.15, 0.2) is 5.54 Å². The summed E-state index contributed by atoms with van der Waals surface area (Å²) in [7, 11) is 0. The first-order valence-corrected chi connectivity index (χ1v) is 9.87. The summed E-state index contributed by atoms with van der Waals surface area (Å²) in [6.07, 6.45) is 2.36. The van der Waals surface area contributed by atoms with Crippen LogP contribution >= 0.6 is 0 Å². The van der Waals surface area contributed by atoms with Crippen LogP contribution in [0.3, 0.4) is 0 Å². The quantitative estimate of drug-likeness (QED) is 0.448. The number of hydrogen-bond donors (Lipinski definition) is 2. The molecule has 0 radical (unpaired) electrons. The molecule has 0 saturated carbocycles. The van der Waals surface area contributed by atoms with Crippen molar-refractivity contribution in [3.63, 3.8) is 0 Å². The monoisotopic (exact) mass is 430 g/mol. The van der Waals surface area contributed by atoms with Crippen molar-refractivity contribution < 1.29 is 28.2 Å². The lowest BCUT2D eigenvalue weighted by atomic mass is 9.96. The highest BCUT2D eigenvalue weighted by Gasteiger charge is 2.43. The highest BCUT2D eigenvalue weighted by molar-refractivity contribution is 6.00. The Balaban J connectivity index is 1.71. The molecule has 2 N–H and O–H groups in total. The molecule has 0 saturated heterocycles. The molecule has 0 bridgehead atoms. The van der Waals surface area contributed by atoms with E-state index >= 15 is 0 Å². The van der Waals surface area contributed by atoms with Gasteiger partial charge in [-0.25, -0.2) is 13.8 Å². The summed E-state index contributed by atoms with van der Waals surface area (Å²) in [5.74, 6) is -0.878. The molecule has 8 heteroatoms. The number of aliphatic hydroxyl groups excluding tert-OH is 1.